The van der Waals surface area contributed by atoms with Gasteiger partial charge in [0.05, 0.1) is 11.4 Å². The summed E-state index contributed by atoms with van der Waals surface area (Å²) >= 11 is 0. The molecule has 0 aromatic heterocycles. The molecule has 2 aromatic rings. The van der Waals surface area contributed by atoms with Crippen LogP contribution in [0, 0.1) is 12.8 Å². The third-order valence-electron chi connectivity index (χ3n) is 3.93. The molecule has 0 aliphatic heterocycles. The van der Waals surface area contributed by atoms with E-state index >= 15 is 0 Å². The predicted octanol–water partition coefficient (Wildman–Crippen LogP) is 6.28. The van der Waals surface area contributed by atoms with Gasteiger partial charge in [-0.25, -0.2) is 0 Å². The molecular weight excluding hydrogens is 282 g/mol. The highest BCUT2D eigenvalue weighted by atomic mass is 15.1. The molecule has 3 heteroatoms. The molecule has 23 heavy (non-hydrogen) atoms. The molecule has 2 aromatic carbocycles. The standard InChI is InChI=1S/C20H27N3/c1-5-23(14-13-16(2)3)19-11-12-20(17(4)15-19)22-21-18-9-7-6-8-10-18/h6-12,15-16H,5,13-14H2,1-4H3. The summed E-state index contributed by atoms with van der Waals surface area (Å²) in [4.78, 5) is 2.42. The van der Waals surface area contributed by atoms with Crippen molar-refractivity contribution in [3.8, 4) is 0 Å². The minimum Gasteiger partial charge on any atom is -0.372 e. The van der Waals surface area contributed by atoms with Crippen molar-refractivity contribution in [1.29, 1.82) is 0 Å². The fourth-order valence-corrected chi connectivity index (χ4v) is 2.44. The minimum atomic E-state index is 0.726. The molecule has 0 fully saturated rings. The van der Waals surface area contributed by atoms with E-state index in [4.69, 9.17) is 0 Å². The summed E-state index contributed by atoms with van der Waals surface area (Å²) in [5, 5.41) is 8.69. The number of hydrogen-bond acceptors (Lipinski definition) is 3. The van der Waals surface area contributed by atoms with E-state index in [1.807, 2.05) is 30.3 Å². The van der Waals surface area contributed by atoms with Crippen LogP contribution in [-0.4, -0.2) is 13.1 Å². The number of rotatable bonds is 7. The topological polar surface area (TPSA) is 28.0 Å². The van der Waals surface area contributed by atoms with E-state index in [9.17, 15) is 0 Å². The monoisotopic (exact) mass is 309 g/mol. The molecule has 0 radical (unpaired) electrons. The second-order valence-electron chi connectivity index (χ2n) is 6.27. The second-order valence-corrected chi connectivity index (χ2v) is 6.27. The first-order valence-electron chi connectivity index (χ1n) is 8.42. The Morgan fingerprint density at radius 2 is 1.74 bits per heavy atom. The lowest BCUT2D eigenvalue weighted by Gasteiger charge is -2.24. The van der Waals surface area contributed by atoms with Gasteiger partial charge >= 0.3 is 0 Å². The molecule has 3 nitrogen and oxygen atoms in total. The van der Waals surface area contributed by atoms with Gasteiger partial charge in [-0.2, -0.15) is 10.2 Å². The van der Waals surface area contributed by atoms with E-state index < -0.39 is 0 Å². The Kier molecular flexibility index (Phi) is 6.33. The van der Waals surface area contributed by atoms with Gasteiger partial charge in [-0.15, -0.1) is 0 Å². The van der Waals surface area contributed by atoms with E-state index in [0.717, 1.165) is 35.9 Å². The molecule has 2 rings (SSSR count). The van der Waals surface area contributed by atoms with Crippen LogP contribution >= 0.6 is 0 Å². The van der Waals surface area contributed by atoms with Crippen molar-refractivity contribution >= 4 is 17.1 Å². The Morgan fingerprint density at radius 1 is 1.00 bits per heavy atom. The first-order valence-corrected chi connectivity index (χ1v) is 8.42. The first kappa shape index (κ1) is 17.2. The van der Waals surface area contributed by atoms with Crippen LogP contribution in [0.15, 0.2) is 58.8 Å². The van der Waals surface area contributed by atoms with Crippen molar-refractivity contribution < 1.29 is 0 Å². The van der Waals surface area contributed by atoms with Crippen LogP contribution < -0.4 is 4.90 Å². The molecule has 0 saturated heterocycles. The maximum atomic E-state index is 4.38. The molecule has 0 saturated carbocycles. The van der Waals surface area contributed by atoms with Crippen LogP contribution in [0.2, 0.25) is 0 Å². The van der Waals surface area contributed by atoms with Crippen molar-refractivity contribution in [2.45, 2.75) is 34.1 Å². The third-order valence-corrected chi connectivity index (χ3v) is 3.93. The van der Waals surface area contributed by atoms with Crippen molar-refractivity contribution in [3.63, 3.8) is 0 Å². The average molecular weight is 309 g/mol. The molecule has 0 bridgehead atoms. The molecule has 0 amide bonds. The van der Waals surface area contributed by atoms with Crippen molar-refractivity contribution in [3.05, 3.63) is 54.1 Å². The van der Waals surface area contributed by atoms with Gasteiger partial charge in [0.15, 0.2) is 0 Å². The minimum absolute atomic E-state index is 0.726. The van der Waals surface area contributed by atoms with Crippen molar-refractivity contribution in [2.75, 3.05) is 18.0 Å². The van der Waals surface area contributed by atoms with E-state index in [-0.39, 0.29) is 0 Å². The fourth-order valence-electron chi connectivity index (χ4n) is 2.44. The lowest BCUT2D eigenvalue weighted by atomic mass is 10.1. The zero-order chi connectivity index (χ0) is 16.7. The van der Waals surface area contributed by atoms with Gasteiger partial charge in [-0.05, 0) is 62.1 Å². The molecule has 0 N–H and O–H groups in total. The van der Waals surface area contributed by atoms with Crippen LogP contribution in [0.1, 0.15) is 32.8 Å². The van der Waals surface area contributed by atoms with Gasteiger partial charge in [-0.3, -0.25) is 0 Å². The summed E-state index contributed by atoms with van der Waals surface area (Å²) in [5.41, 5.74) is 4.23. The highest BCUT2D eigenvalue weighted by Crippen LogP contribution is 2.27. The summed E-state index contributed by atoms with van der Waals surface area (Å²) in [6, 6.07) is 16.3. The maximum absolute atomic E-state index is 4.38. The Labute approximate surface area is 140 Å². The zero-order valence-corrected chi connectivity index (χ0v) is 14.7. The van der Waals surface area contributed by atoms with Gasteiger partial charge in [0.1, 0.15) is 0 Å². The molecule has 0 aliphatic carbocycles. The Balaban J connectivity index is 2.12. The number of nitrogens with zero attached hydrogens (tertiary/aromatic N) is 3. The number of aryl methyl sites for hydroxylation is 1. The van der Waals surface area contributed by atoms with Crippen LogP contribution in [-0.2, 0) is 0 Å². The molecule has 0 aliphatic rings. The number of benzene rings is 2. The Morgan fingerprint density at radius 3 is 2.35 bits per heavy atom. The number of azo groups is 1. The van der Waals surface area contributed by atoms with Gasteiger partial charge in [-0.1, -0.05) is 32.0 Å². The number of hydrogen-bond donors (Lipinski definition) is 0. The molecule has 0 atom stereocenters. The van der Waals surface area contributed by atoms with E-state index in [1.165, 1.54) is 12.1 Å². The highest BCUT2D eigenvalue weighted by Gasteiger charge is 2.07. The van der Waals surface area contributed by atoms with Crippen LogP contribution in [0.3, 0.4) is 0 Å². The van der Waals surface area contributed by atoms with E-state index in [2.05, 4.69) is 61.0 Å². The first-order chi connectivity index (χ1) is 11.1. The van der Waals surface area contributed by atoms with Gasteiger partial charge in [0.2, 0.25) is 0 Å². The lowest BCUT2D eigenvalue weighted by molar-refractivity contribution is 0.576. The smallest absolute Gasteiger partial charge is 0.0887 e. The third kappa shape index (κ3) is 5.20. The van der Waals surface area contributed by atoms with E-state index in [0.29, 0.717) is 0 Å². The van der Waals surface area contributed by atoms with Gasteiger partial charge < -0.3 is 4.90 Å². The Bertz CT molecular complexity index is 633. The molecule has 122 valence electrons. The van der Waals surface area contributed by atoms with Crippen molar-refractivity contribution in [2.24, 2.45) is 16.1 Å². The quantitative estimate of drug-likeness (QED) is 0.553. The summed E-state index contributed by atoms with van der Waals surface area (Å²) < 4.78 is 0. The summed E-state index contributed by atoms with van der Waals surface area (Å²) in [7, 11) is 0. The lowest BCUT2D eigenvalue weighted by Crippen LogP contribution is -2.24. The van der Waals surface area contributed by atoms with Crippen molar-refractivity contribution in [1.82, 2.24) is 0 Å². The fraction of sp³-hybridized carbons (Fsp3) is 0.400. The van der Waals surface area contributed by atoms with Gasteiger partial charge in [0, 0.05) is 18.8 Å². The van der Waals surface area contributed by atoms with Crippen LogP contribution in [0.4, 0.5) is 17.1 Å². The highest BCUT2D eigenvalue weighted by molar-refractivity contribution is 5.57. The predicted molar refractivity (Wildman–Crippen MR) is 99.1 cm³/mol. The van der Waals surface area contributed by atoms with Crippen LogP contribution in [0.5, 0.6) is 0 Å². The largest absolute Gasteiger partial charge is 0.372 e. The molecular formula is C20H27N3. The average Bonchev–Trinajstić information content (AvgIpc) is 2.55. The van der Waals surface area contributed by atoms with Gasteiger partial charge in [0.25, 0.3) is 0 Å². The normalized spacial score (nSPS) is 11.3. The summed E-state index contributed by atoms with van der Waals surface area (Å²) in [6.45, 7) is 11.0. The summed E-state index contributed by atoms with van der Waals surface area (Å²) in [6.07, 6.45) is 1.21. The molecule has 0 unspecified atom stereocenters. The summed E-state index contributed by atoms with van der Waals surface area (Å²) in [5.74, 6) is 0.726. The SMILES string of the molecule is CCN(CCC(C)C)c1ccc(N=Nc2ccccc2)c(C)c1. The molecule has 0 heterocycles. The van der Waals surface area contributed by atoms with Crippen LogP contribution in [0.25, 0.3) is 0 Å². The Hall–Kier alpha value is -2.16. The molecule has 0 spiro atoms. The number of anilines is 1. The zero-order valence-electron chi connectivity index (χ0n) is 14.7. The maximum Gasteiger partial charge on any atom is 0.0887 e. The second kappa shape index (κ2) is 8.47. The van der Waals surface area contributed by atoms with E-state index in [1.54, 1.807) is 0 Å².